The number of aromatic nitrogens is 2. The zero-order valence-corrected chi connectivity index (χ0v) is 25.0. The minimum atomic E-state index is -4.42. The third kappa shape index (κ3) is 5.70. The fraction of sp³-hybridized carbons (Fsp3) is 0.286. The van der Waals surface area contributed by atoms with Crippen LogP contribution < -0.4 is 36.6 Å². The van der Waals surface area contributed by atoms with Gasteiger partial charge in [0.2, 0.25) is 0 Å². The molecule has 0 radical (unpaired) electrons. The molecular formula is C28H27ClF3N3OS3. The van der Waals surface area contributed by atoms with Gasteiger partial charge in [-0.25, -0.2) is 0 Å². The van der Waals surface area contributed by atoms with Crippen molar-refractivity contribution in [3.63, 3.8) is 0 Å². The lowest BCUT2D eigenvalue weighted by Gasteiger charge is -2.13. The Morgan fingerprint density at radius 3 is 2.56 bits per heavy atom. The van der Waals surface area contributed by atoms with Crippen LogP contribution in [0.15, 0.2) is 63.7 Å². The van der Waals surface area contributed by atoms with Crippen molar-refractivity contribution in [1.82, 2.24) is 4.57 Å². The lowest BCUT2D eigenvalue weighted by molar-refractivity contribution is -0.685. The van der Waals surface area contributed by atoms with Crippen molar-refractivity contribution in [1.29, 1.82) is 0 Å². The monoisotopic (exact) mass is 609 g/mol. The molecule has 0 atom stereocenters. The van der Waals surface area contributed by atoms with Crippen molar-refractivity contribution in [2.45, 2.75) is 50.9 Å². The molecule has 4 aromatic rings. The fourth-order valence-electron chi connectivity index (χ4n) is 4.48. The number of alkyl halides is 3. The summed E-state index contributed by atoms with van der Waals surface area (Å²) in [7, 11) is 1.98. The molecule has 0 unspecified atom stereocenters. The Morgan fingerprint density at radius 2 is 1.87 bits per heavy atom. The molecule has 0 saturated carbocycles. The first-order valence-electron chi connectivity index (χ1n) is 12.2. The van der Waals surface area contributed by atoms with E-state index < -0.39 is 11.7 Å². The van der Waals surface area contributed by atoms with Crippen LogP contribution in [0.4, 0.5) is 18.9 Å². The first-order chi connectivity index (χ1) is 18.1. The molecule has 1 aliphatic rings. The van der Waals surface area contributed by atoms with Gasteiger partial charge in [-0.2, -0.15) is 17.7 Å². The second-order valence-corrected chi connectivity index (χ2v) is 12.3. The molecule has 0 spiro atoms. The number of fused-ring (bicyclic) bond motifs is 1. The van der Waals surface area contributed by atoms with Gasteiger partial charge < -0.3 is 17.3 Å². The molecule has 39 heavy (non-hydrogen) atoms. The van der Waals surface area contributed by atoms with Crippen LogP contribution in [0, 0.1) is 0 Å². The predicted molar refractivity (Wildman–Crippen MR) is 150 cm³/mol. The molecule has 3 heterocycles. The molecular weight excluding hydrogens is 583 g/mol. The number of benzene rings is 2. The van der Waals surface area contributed by atoms with Crippen molar-refractivity contribution in [2.75, 3.05) is 11.9 Å². The first kappa shape index (κ1) is 29.5. The molecule has 0 bridgehead atoms. The zero-order valence-electron chi connectivity index (χ0n) is 21.8. The molecule has 4 nitrogen and oxygen atoms in total. The lowest BCUT2D eigenvalue weighted by Crippen LogP contribution is -3.00. The minimum absolute atomic E-state index is 0. The highest BCUT2D eigenvalue weighted by atomic mass is 35.5. The van der Waals surface area contributed by atoms with Gasteiger partial charge in [0.05, 0.1) is 22.7 Å². The molecule has 1 aliphatic heterocycles. The van der Waals surface area contributed by atoms with E-state index in [1.165, 1.54) is 40.4 Å². The van der Waals surface area contributed by atoms with Gasteiger partial charge >= 0.3 is 6.18 Å². The smallest absolute Gasteiger partial charge is 0.416 e. The molecule has 2 aromatic carbocycles. The van der Waals surface area contributed by atoms with Crippen molar-refractivity contribution in [3.05, 3.63) is 95.3 Å². The van der Waals surface area contributed by atoms with Gasteiger partial charge in [-0.1, -0.05) is 61.2 Å². The lowest BCUT2D eigenvalue weighted by atomic mass is 10.0. The van der Waals surface area contributed by atoms with Crippen molar-refractivity contribution >= 4 is 51.2 Å². The number of rotatable bonds is 5. The van der Waals surface area contributed by atoms with Gasteiger partial charge in [0.25, 0.3) is 10.6 Å². The molecule has 0 aliphatic carbocycles. The van der Waals surface area contributed by atoms with E-state index in [0.29, 0.717) is 17.0 Å². The van der Waals surface area contributed by atoms with Gasteiger partial charge in [-0.15, -0.1) is 11.3 Å². The van der Waals surface area contributed by atoms with Gasteiger partial charge in [-0.3, -0.25) is 9.36 Å². The van der Waals surface area contributed by atoms with Gasteiger partial charge in [-0.05, 0) is 36.6 Å². The summed E-state index contributed by atoms with van der Waals surface area (Å²) in [6.07, 6.45) is -0.729. The topological polar surface area (TPSA) is 29.1 Å². The van der Waals surface area contributed by atoms with E-state index >= 15 is 0 Å². The van der Waals surface area contributed by atoms with E-state index in [-0.39, 0.29) is 30.1 Å². The van der Waals surface area contributed by atoms with Crippen LogP contribution in [0.25, 0.3) is 11.1 Å². The summed E-state index contributed by atoms with van der Waals surface area (Å²) in [5.74, 6) is 0.413. The number of hydrogen-bond donors (Lipinski definition) is 0. The summed E-state index contributed by atoms with van der Waals surface area (Å²) in [4.78, 5) is 16.7. The van der Waals surface area contributed by atoms with Gasteiger partial charge in [0.1, 0.15) is 14.2 Å². The highest BCUT2D eigenvalue weighted by Gasteiger charge is 2.34. The van der Waals surface area contributed by atoms with Crippen molar-refractivity contribution in [2.24, 2.45) is 0 Å². The van der Waals surface area contributed by atoms with Crippen LogP contribution >= 0.6 is 34.4 Å². The Bertz CT molecular complexity index is 1690. The Hall–Kier alpha value is -2.53. The fourth-order valence-corrected chi connectivity index (χ4v) is 7.85. The maximum absolute atomic E-state index is 13.6. The van der Waals surface area contributed by atoms with Crippen LogP contribution in [0.2, 0.25) is 0 Å². The molecule has 0 N–H and O–H groups in total. The third-order valence-electron chi connectivity index (χ3n) is 6.57. The largest absolute Gasteiger partial charge is 1.00 e. The quantitative estimate of drug-likeness (QED) is 0.326. The average Bonchev–Trinajstić information content (AvgIpc) is 3.54. The van der Waals surface area contributed by atoms with Gasteiger partial charge in [0.15, 0.2) is 12.7 Å². The second-order valence-electron chi connectivity index (χ2n) is 9.34. The second kappa shape index (κ2) is 11.5. The van der Waals surface area contributed by atoms with Crippen LogP contribution in [0.3, 0.4) is 0 Å². The summed E-state index contributed by atoms with van der Waals surface area (Å²) < 4.78 is 45.6. The third-order valence-corrected chi connectivity index (χ3v) is 9.89. The van der Waals surface area contributed by atoms with Crippen molar-refractivity contribution in [3.8, 4) is 0 Å². The number of thioether (sulfide) groups is 1. The van der Waals surface area contributed by atoms with Crippen molar-refractivity contribution < 1.29 is 30.1 Å². The summed E-state index contributed by atoms with van der Waals surface area (Å²) >= 11 is 4.46. The zero-order chi connectivity index (χ0) is 27.2. The Kier molecular flexibility index (Phi) is 8.70. The first-order valence-corrected chi connectivity index (χ1v) is 14.7. The Balaban J connectivity index is 0.00000353. The molecule has 206 valence electrons. The summed E-state index contributed by atoms with van der Waals surface area (Å²) in [6.45, 7) is 6.83. The number of nitrogens with zero attached hydrogens (tertiary/aromatic N) is 3. The maximum Gasteiger partial charge on any atom is 0.416 e. The van der Waals surface area contributed by atoms with E-state index in [2.05, 4.69) is 36.9 Å². The molecule has 5 rings (SSSR count). The number of thiazole rings is 2. The predicted octanol–water partition coefficient (Wildman–Crippen LogP) is 2.61. The van der Waals surface area contributed by atoms with Crippen LogP contribution in [0.5, 0.6) is 0 Å². The van der Waals surface area contributed by atoms with Crippen LogP contribution in [-0.4, -0.2) is 11.6 Å². The molecule has 0 amide bonds. The van der Waals surface area contributed by atoms with Crippen LogP contribution in [0.1, 0.15) is 48.4 Å². The van der Waals surface area contributed by atoms with E-state index in [9.17, 15) is 18.0 Å². The van der Waals surface area contributed by atoms with Crippen LogP contribution in [-0.2, 0) is 19.3 Å². The molecule has 2 aromatic heterocycles. The van der Waals surface area contributed by atoms with E-state index in [4.69, 9.17) is 0 Å². The summed E-state index contributed by atoms with van der Waals surface area (Å²) in [5, 5.41) is 3.53. The number of halogens is 4. The highest BCUT2D eigenvalue weighted by molar-refractivity contribution is 8.08. The minimum Gasteiger partial charge on any atom is -1.00 e. The SMILES string of the molecule is CCn1c(=O)/c(=C2\Sc3cc(C(C)C)ccc3N2C)s/c1=C\c1scc[n+]1Cc1ccccc1C(F)(F)F.[Cl-]. The summed E-state index contributed by atoms with van der Waals surface area (Å²) in [5.41, 5.74) is 1.85. The maximum atomic E-state index is 13.6. The molecule has 11 heteroatoms. The Morgan fingerprint density at radius 1 is 1.13 bits per heavy atom. The van der Waals surface area contributed by atoms with Gasteiger partial charge in [0, 0.05) is 24.1 Å². The normalized spacial score (nSPS) is 15.2. The highest BCUT2D eigenvalue weighted by Crippen LogP contribution is 2.46. The standard InChI is InChI=1S/C28H27F3N3OS3.ClH/c1-5-34-24(15-23-33(12-13-36-23)16-19-8-6-7-9-20(19)28(29,30)31)38-25(26(34)35)27-32(4)21-11-10-18(17(2)3)14-22(21)37-27;/h6-15,17H,5,16H2,1-4H3;1H/q+1;/p-1/b27-25+;. The Labute approximate surface area is 243 Å². The van der Waals surface area contributed by atoms with E-state index in [1.807, 2.05) is 25.4 Å². The summed E-state index contributed by atoms with van der Waals surface area (Å²) in [6, 6.07) is 12.1. The molecule has 0 fully saturated rings. The van der Waals surface area contributed by atoms with E-state index in [1.54, 1.807) is 33.2 Å². The number of hydrogen-bond acceptors (Lipinski definition) is 5. The average molecular weight is 610 g/mol. The van der Waals surface area contributed by atoms with E-state index in [0.717, 1.165) is 31.3 Å². The molecule has 0 saturated heterocycles. The number of anilines is 1.